The average molecular weight is 498 g/mol. The van der Waals surface area contributed by atoms with Crippen LogP contribution < -0.4 is 19.6 Å². The van der Waals surface area contributed by atoms with E-state index in [1.54, 1.807) is 37.3 Å². The highest BCUT2D eigenvalue weighted by Gasteiger charge is 2.17. The number of para-hydroxylation sites is 1. The van der Waals surface area contributed by atoms with Gasteiger partial charge in [0.05, 0.1) is 30.7 Å². The van der Waals surface area contributed by atoms with Gasteiger partial charge in [0.2, 0.25) is 10.8 Å². The van der Waals surface area contributed by atoms with Crippen LogP contribution in [0.25, 0.3) is 39.6 Å². The van der Waals surface area contributed by atoms with Gasteiger partial charge in [-0.2, -0.15) is 14.6 Å². The number of hydrogen-bond acceptors (Lipinski definition) is 8. The van der Waals surface area contributed by atoms with Crippen LogP contribution in [0.15, 0.2) is 82.3 Å². The smallest absolute Gasteiger partial charge is 0.291 e. The average Bonchev–Trinajstić information content (AvgIpc) is 3.71. The summed E-state index contributed by atoms with van der Waals surface area (Å²) < 4.78 is 19.8. The number of aromatic nitrogens is 5. The van der Waals surface area contributed by atoms with Crippen LogP contribution in [0.5, 0.6) is 11.5 Å². The number of rotatable bonds is 6. The molecule has 178 valence electrons. The van der Waals surface area contributed by atoms with Crippen molar-refractivity contribution in [1.29, 1.82) is 0 Å². The van der Waals surface area contributed by atoms with Crippen molar-refractivity contribution in [2.75, 3.05) is 14.2 Å². The van der Waals surface area contributed by atoms with Gasteiger partial charge in [0.15, 0.2) is 17.3 Å². The fourth-order valence-electron chi connectivity index (χ4n) is 3.90. The molecule has 0 saturated heterocycles. The highest BCUT2D eigenvalue weighted by Crippen LogP contribution is 2.33. The molecule has 0 bridgehead atoms. The molecule has 6 rings (SSSR count). The molecule has 4 aromatic heterocycles. The van der Waals surface area contributed by atoms with E-state index in [-0.39, 0.29) is 5.56 Å². The molecule has 0 atom stereocenters. The van der Waals surface area contributed by atoms with Gasteiger partial charge in [-0.15, -0.1) is 5.10 Å². The summed E-state index contributed by atoms with van der Waals surface area (Å²) in [5, 5.41) is 9.17. The Kier molecular flexibility index (Phi) is 5.34. The Morgan fingerprint density at radius 2 is 1.81 bits per heavy atom. The molecule has 0 aliphatic heterocycles. The maximum absolute atomic E-state index is 13.2. The summed E-state index contributed by atoms with van der Waals surface area (Å²) in [6.07, 6.45) is 5.25. The molecule has 4 heterocycles. The molecule has 0 unspecified atom stereocenters. The first kappa shape index (κ1) is 21.8. The first-order valence-corrected chi connectivity index (χ1v) is 11.8. The zero-order chi connectivity index (χ0) is 24.6. The van der Waals surface area contributed by atoms with Crippen molar-refractivity contribution in [3.05, 3.63) is 93.6 Å². The number of ether oxygens (including phenoxy) is 2. The van der Waals surface area contributed by atoms with Gasteiger partial charge in [0.1, 0.15) is 5.69 Å². The van der Waals surface area contributed by atoms with Crippen LogP contribution >= 0.6 is 11.3 Å². The van der Waals surface area contributed by atoms with E-state index in [4.69, 9.17) is 19.0 Å². The maximum atomic E-state index is 13.2. The Balaban J connectivity index is 1.51. The number of benzene rings is 2. The fraction of sp³-hybridized carbons (Fsp3) is 0.0769. The van der Waals surface area contributed by atoms with Crippen LogP contribution in [-0.2, 0) is 0 Å². The normalized spacial score (nSPS) is 11.9. The molecule has 9 nitrogen and oxygen atoms in total. The Morgan fingerprint density at radius 1 is 0.972 bits per heavy atom. The van der Waals surface area contributed by atoms with Crippen molar-refractivity contribution in [2.45, 2.75) is 0 Å². The minimum Gasteiger partial charge on any atom is -0.493 e. The van der Waals surface area contributed by atoms with Crippen LogP contribution in [0.3, 0.4) is 0 Å². The first-order valence-electron chi connectivity index (χ1n) is 11.0. The predicted molar refractivity (Wildman–Crippen MR) is 136 cm³/mol. The third kappa shape index (κ3) is 3.73. The summed E-state index contributed by atoms with van der Waals surface area (Å²) in [7, 11) is 3.18. The van der Waals surface area contributed by atoms with Crippen molar-refractivity contribution in [3.63, 3.8) is 0 Å². The molecule has 0 N–H and O–H groups in total. The molecule has 2 aromatic carbocycles. The number of thiazole rings is 1. The van der Waals surface area contributed by atoms with Crippen LogP contribution in [0.2, 0.25) is 0 Å². The standard InChI is InChI=1S/C26H19N5O4S/c1-33-19-11-10-16(13-21(19)34-2)23-17(15-30(28-23)18-7-4-3-5-8-18)14-22-25(32)31-26(36-22)27-24(29-31)20-9-6-12-35-20/h3-15H,1-2H3/b22-14-. The van der Waals surface area contributed by atoms with E-state index >= 15 is 0 Å². The molecule has 0 fully saturated rings. The predicted octanol–water partition coefficient (Wildman–Crippen LogP) is 3.83. The summed E-state index contributed by atoms with van der Waals surface area (Å²) in [6.45, 7) is 0. The number of fused-ring (bicyclic) bond motifs is 1. The van der Waals surface area contributed by atoms with Gasteiger partial charge in [-0.1, -0.05) is 29.5 Å². The monoisotopic (exact) mass is 497 g/mol. The lowest BCUT2D eigenvalue weighted by atomic mass is 10.1. The van der Waals surface area contributed by atoms with Crippen molar-refractivity contribution in [2.24, 2.45) is 0 Å². The Bertz CT molecular complexity index is 1790. The van der Waals surface area contributed by atoms with E-state index in [1.165, 1.54) is 15.9 Å². The molecular weight excluding hydrogens is 478 g/mol. The topological polar surface area (TPSA) is 96.7 Å². The van der Waals surface area contributed by atoms with Gasteiger partial charge >= 0.3 is 0 Å². The number of furan rings is 1. The van der Waals surface area contributed by atoms with Crippen molar-refractivity contribution >= 4 is 22.4 Å². The van der Waals surface area contributed by atoms with Gasteiger partial charge in [-0.05, 0) is 48.5 Å². The van der Waals surface area contributed by atoms with Crippen molar-refractivity contribution < 1.29 is 13.9 Å². The quantitative estimate of drug-likeness (QED) is 0.345. The van der Waals surface area contributed by atoms with Crippen LogP contribution in [0.1, 0.15) is 5.56 Å². The lowest BCUT2D eigenvalue weighted by molar-refractivity contribution is 0.355. The molecule has 0 spiro atoms. The molecule has 10 heteroatoms. The van der Waals surface area contributed by atoms with Crippen molar-refractivity contribution in [1.82, 2.24) is 24.4 Å². The summed E-state index contributed by atoms with van der Waals surface area (Å²) in [4.78, 5) is 18.1. The number of nitrogens with zero attached hydrogens (tertiary/aromatic N) is 5. The van der Waals surface area contributed by atoms with E-state index < -0.39 is 0 Å². The van der Waals surface area contributed by atoms with Gasteiger partial charge in [0.25, 0.3) is 5.56 Å². The highest BCUT2D eigenvalue weighted by atomic mass is 32.1. The SMILES string of the molecule is COc1ccc(-c2nn(-c3ccccc3)cc2/C=c2\sc3nc(-c4ccco4)nn3c2=O)cc1OC. The minimum atomic E-state index is -0.258. The van der Waals surface area contributed by atoms with Gasteiger partial charge in [-0.25, -0.2) is 4.68 Å². The molecule has 0 aliphatic rings. The second-order valence-electron chi connectivity index (χ2n) is 7.81. The van der Waals surface area contributed by atoms with Crippen LogP contribution in [0.4, 0.5) is 0 Å². The number of hydrogen-bond donors (Lipinski definition) is 0. The third-order valence-electron chi connectivity index (χ3n) is 5.63. The highest BCUT2D eigenvalue weighted by molar-refractivity contribution is 7.15. The summed E-state index contributed by atoms with van der Waals surface area (Å²) in [6, 6.07) is 18.9. The van der Waals surface area contributed by atoms with Crippen LogP contribution in [-0.4, -0.2) is 38.6 Å². The lowest BCUT2D eigenvalue weighted by Gasteiger charge is -2.09. The minimum absolute atomic E-state index is 0.258. The molecule has 36 heavy (non-hydrogen) atoms. The molecule has 6 aromatic rings. The van der Waals surface area contributed by atoms with E-state index in [9.17, 15) is 4.79 Å². The largest absolute Gasteiger partial charge is 0.493 e. The van der Waals surface area contributed by atoms with E-state index in [0.717, 1.165) is 16.8 Å². The van der Waals surface area contributed by atoms with E-state index in [1.807, 2.05) is 60.8 Å². The molecule has 0 saturated carbocycles. The molecule has 0 radical (unpaired) electrons. The fourth-order valence-corrected chi connectivity index (χ4v) is 4.80. The first-order chi connectivity index (χ1) is 17.6. The van der Waals surface area contributed by atoms with E-state index in [0.29, 0.717) is 38.3 Å². The maximum Gasteiger partial charge on any atom is 0.291 e. The van der Waals surface area contributed by atoms with Crippen LogP contribution in [0, 0.1) is 0 Å². The Labute approximate surface area is 208 Å². The Morgan fingerprint density at radius 3 is 2.53 bits per heavy atom. The second-order valence-corrected chi connectivity index (χ2v) is 8.81. The zero-order valence-electron chi connectivity index (χ0n) is 19.3. The van der Waals surface area contributed by atoms with Gasteiger partial charge in [-0.3, -0.25) is 4.79 Å². The Hall–Kier alpha value is -4.70. The summed E-state index contributed by atoms with van der Waals surface area (Å²) in [5.41, 5.74) is 2.91. The third-order valence-corrected chi connectivity index (χ3v) is 6.59. The summed E-state index contributed by atoms with van der Waals surface area (Å²) >= 11 is 1.26. The second kappa shape index (κ2) is 8.82. The molecule has 0 aliphatic carbocycles. The van der Waals surface area contributed by atoms with Gasteiger partial charge < -0.3 is 13.9 Å². The van der Waals surface area contributed by atoms with Gasteiger partial charge in [0, 0.05) is 17.3 Å². The zero-order valence-corrected chi connectivity index (χ0v) is 20.1. The molecule has 0 amide bonds. The summed E-state index contributed by atoms with van der Waals surface area (Å²) in [5.74, 6) is 2.09. The number of methoxy groups -OCH3 is 2. The van der Waals surface area contributed by atoms with Crippen molar-refractivity contribution in [3.8, 4) is 40.0 Å². The van der Waals surface area contributed by atoms with E-state index in [2.05, 4.69) is 10.1 Å². The lowest BCUT2D eigenvalue weighted by Crippen LogP contribution is -2.23. The molecular formula is C26H19N5O4S.